The van der Waals surface area contributed by atoms with Crippen molar-refractivity contribution in [3.63, 3.8) is 0 Å². The van der Waals surface area contributed by atoms with Gasteiger partial charge in [0.2, 0.25) is 0 Å². The lowest BCUT2D eigenvalue weighted by molar-refractivity contribution is -0.135. The number of ether oxygens (including phenoxy) is 2. The first-order valence-corrected chi connectivity index (χ1v) is 6.15. The second kappa shape index (κ2) is 5.65. The number of carbonyl (C=O) groups excluding carboxylic acids is 3. The van der Waals surface area contributed by atoms with Gasteiger partial charge in [-0.2, -0.15) is 0 Å². The fraction of sp³-hybridized carbons (Fsp3) is 0.357. The van der Waals surface area contributed by atoms with E-state index in [0.717, 1.165) is 0 Å². The zero-order valence-corrected chi connectivity index (χ0v) is 10.6. The number of hydrogen-bond acceptors (Lipinski definition) is 5. The summed E-state index contributed by atoms with van der Waals surface area (Å²) >= 11 is 0. The summed E-state index contributed by atoms with van der Waals surface area (Å²) in [6.07, 6.45) is 5.61. The van der Waals surface area contributed by atoms with Crippen LogP contribution in [-0.2, 0) is 19.1 Å². The normalized spacial score (nSPS) is 17.7. The van der Waals surface area contributed by atoms with Crippen molar-refractivity contribution in [1.29, 1.82) is 0 Å². The van der Waals surface area contributed by atoms with Gasteiger partial charge in [-0.15, -0.1) is 0 Å². The van der Waals surface area contributed by atoms with E-state index in [4.69, 9.17) is 0 Å². The highest BCUT2D eigenvalue weighted by Crippen LogP contribution is 2.33. The molecule has 0 saturated heterocycles. The van der Waals surface area contributed by atoms with Crippen LogP contribution in [-0.4, -0.2) is 24.5 Å². The Labute approximate surface area is 110 Å². The molecule has 0 N–H and O–H groups in total. The maximum absolute atomic E-state index is 11.9. The lowest BCUT2D eigenvalue weighted by atomic mass is 10.0. The average molecular weight is 262 g/mol. The van der Waals surface area contributed by atoms with E-state index in [9.17, 15) is 14.4 Å². The molecule has 2 rings (SSSR count). The molecule has 1 fully saturated rings. The van der Waals surface area contributed by atoms with Crippen molar-refractivity contribution in [3.8, 4) is 0 Å². The van der Waals surface area contributed by atoms with Crippen LogP contribution in [0.4, 0.5) is 4.79 Å². The summed E-state index contributed by atoms with van der Waals surface area (Å²) < 4.78 is 9.14. The molecule has 5 heteroatoms. The number of Topliss-reactive ketones (excluding diaryl/α,β-unsaturated/α-hetero) is 1. The molecule has 0 atom stereocenters. The molecule has 2 aliphatic rings. The van der Waals surface area contributed by atoms with Gasteiger partial charge in [0.05, 0.1) is 12.2 Å². The Morgan fingerprint density at radius 3 is 2.84 bits per heavy atom. The van der Waals surface area contributed by atoms with Gasteiger partial charge >= 0.3 is 12.1 Å². The zero-order valence-electron chi connectivity index (χ0n) is 10.6. The molecule has 0 aromatic carbocycles. The fourth-order valence-electron chi connectivity index (χ4n) is 2.13. The molecule has 0 bridgehead atoms. The third kappa shape index (κ3) is 2.81. The summed E-state index contributed by atoms with van der Waals surface area (Å²) in [7, 11) is 0. The van der Waals surface area contributed by atoms with Gasteiger partial charge < -0.3 is 9.47 Å². The van der Waals surface area contributed by atoms with Crippen LogP contribution in [0.2, 0.25) is 0 Å². The van der Waals surface area contributed by atoms with Crippen LogP contribution >= 0.6 is 0 Å². The van der Waals surface area contributed by atoms with Gasteiger partial charge in [-0.25, -0.2) is 9.59 Å². The summed E-state index contributed by atoms with van der Waals surface area (Å²) in [5, 5.41) is 0. The lowest BCUT2D eigenvalue weighted by Crippen LogP contribution is -2.16. The molecule has 0 radical (unpaired) electrons. The van der Waals surface area contributed by atoms with E-state index < -0.39 is 12.1 Å². The molecule has 5 nitrogen and oxygen atoms in total. The third-order valence-corrected chi connectivity index (χ3v) is 2.95. The molecule has 0 heterocycles. The number of allylic oxidation sites excluding steroid dienone is 4. The Morgan fingerprint density at radius 1 is 1.32 bits per heavy atom. The van der Waals surface area contributed by atoms with Crippen LogP contribution in [0.25, 0.3) is 0 Å². The Balaban J connectivity index is 2.24. The molecular weight excluding hydrogens is 248 g/mol. The molecule has 19 heavy (non-hydrogen) atoms. The Bertz CT molecular complexity index is 522. The van der Waals surface area contributed by atoms with Crippen molar-refractivity contribution >= 4 is 17.9 Å². The quantitative estimate of drug-likeness (QED) is 0.563. The number of carbonyl (C=O) groups is 3. The minimum absolute atomic E-state index is 0.0279. The summed E-state index contributed by atoms with van der Waals surface area (Å²) in [5.74, 6) is -0.743. The molecule has 0 unspecified atom stereocenters. The molecule has 1 saturated carbocycles. The highest BCUT2D eigenvalue weighted by molar-refractivity contribution is 6.07. The Morgan fingerprint density at radius 2 is 2.11 bits per heavy atom. The van der Waals surface area contributed by atoms with E-state index in [-0.39, 0.29) is 18.0 Å². The predicted octanol–water partition coefficient (Wildman–Crippen LogP) is 2.23. The largest absolute Gasteiger partial charge is 0.516 e. The maximum Gasteiger partial charge on any atom is 0.516 e. The summed E-state index contributed by atoms with van der Waals surface area (Å²) in [6, 6.07) is 0. The highest BCUT2D eigenvalue weighted by Gasteiger charge is 2.29. The van der Waals surface area contributed by atoms with Gasteiger partial charge in [0.1, 0.15) is 0 Å². The Hall–Kier alpha value is -2.17. The number of rotatable bonds is 2. The van der Waals surface area contributed by atoms with Crippen LogP contribution in [0.15, 0.2) is 34.9 Å². The van der Waals surface area contributed by atoms with Gasteiger partial charge in [-0.05, 0) is 25.3 Å². The van der Waals surface area contributed by atoms with Gasteiger partial charge in [0, 0.05) is 12.0 Å². The van der Waals surface area contributed by atoms with E-state index in [1.54, 1.807) is 25.2 Å². The maximum atomic E-state index is 11.9. The molecule has 0 aromatic rings. The molecular formula is C14H14O5. The van der Waals surface area contributed by atoms with Crippen LogP contribution in [0.5, 0.6) is 0 Å². The second-order valence-electron chi connectivity index (χ2n) is 4.14. The Kier molecular flexibility index (Phi) is 3.94. The highest BCUT2D eigenvalue weighted by atomic mass is 16.7. The molecule has 0 aliphatic heterocycles. The van der Waals surface area contributed by atoms with E-state index >= 15 is 0 Å². The number of fused-ring (bicyclic) bond motifs is 1. The van der Waals surface area contributed by atoms with E-state index in [1.807, 2.05) is 0 Å². The SMILES string of the molecule is CCOC(=O)OC(=O)C1=C2CCC(=O)C2=CCC=C1. The first-order valence-electron chi connectivity index (χ1n) is 6.15. The zero-order chi connectivity index (χ0) is 13.8. The van der Waals surface area contributed by atoms with Crippen molar-refractivity contribution in [2.24, 2.45) is 0 Å². The minimum Gasteiger partial charge on any atom is -0.434 e. The molecule has 0 aromatic heterocycles. The van der Waals surface area contributed by atoms with E-state index in [0.29, 0.717) is 30.4 Å². The topological polar surface area (TPSA) is 69.7 Å². The van der Waals surface area contributed by atoms with Gasteiger partial charge in [-0.3, -0.25) is 4.79 Å². The van der Waals surface area contributed by atoms with Crippen molar-refractivity contribution in [2.75, 3.05) is 6.61 Å². The third-order valence-electron chi connectivity index (χ3n) is 2.95. The van der Waals surface area contributed by atoms with Crippen molar-refractivity contribution in [2.45, 2.75) is 26.2 Å². The van der Waals surface area contributed by atoms with Crippen molar-refractivity contribution in [3.05, 3.63) is 34.9 Å². The molecule has 100 valence electrons. The van der Waals surface area contributed by atoms with E-state index in [2.05, 4.69) is 9.47 Å². The van der Waals surface area contributed by atoms with Crippen LogP contribution < -0.4 is 0 Å². The summed E-state index contributed by atoms with van der Waals surface area (Å²) in [6.45, 7) is 1.76. The average Bonchev–Trinajstić information content (AvgIpc) is 2.61. The molecule has 0 amide bonds. The second-order valence-corrected chi connectivity index (χ2v) is 4.14. The van der Waals surface area contributed by atoms with Gasteiger partial charge in [-0.1, -0.05) is 18.2 Å². The number of esters is 1. The number of ketones is 1. The standard InChI is InChI=1S/C14H14O5/c1-2-18-14(17)19-13(16)11-6-4-3-5-10-9(11)7-8-12(10)15/h4-6H,2-3,7-8H2,1H3. The molecule has 0 spiro atoms. The predicted molar refractivity (Wildman–Crippen MR) is 66.2 cm³/mol. The van der Waals surface area contributed by atoms with Crippen LogP contribution in [0.3, 0.4) is 0 Å². The first-order chi connectivity index (χ1) is 9.13. The lowest BCUT2D eigenvalue weighted by Gasteiger charge is -2.06. The molecule has 2 aliphatic carbocycles. The monoisotopic (exact) mass is 262 g/mol. The minimum atomic E-state index is -1.02. The van der Waals surface area contributed by atoms with E-state index in [1.165, 1.54) is 0 Å². The van der Waals surface area contributed by atoms with Crippen LogP contribution in [0, 0.1) is 0 Å². The van der Waals surface area contributed by atoms with Gasteiger partial charge in [0.15, 0.2) is 5.78 Å². The van der Waals surface area contributed by atoms with Crippen LogP contribution in [0.1, 0.15) is 26.2 Å². The summed E-state index contributed by atoms with van der Waals surface area (Å²) in [5.41, 5.74) is 1.50. The number of hydrogen-bond donors (Lipinski definition) is 0. The summed E-state index contributed by atoms with van der Waals surface area (Å²) in [4.78, 5) is 34.7. The van der Waals surface area contributed by atoms with Gasteiger partial charge in [0.25, 0.3) is 0 Å². The fourth-order valence-corrected chi connectivity index (χ4v) is 2.13. The smallest absolute Gasteiger partial charge is 0.434 e. The first kappa shape index (κ1) is 13.3. The van der Waals surface area contributed by atoms with Crippen molar-refractivity contribution < 1.29 is 23.9 Å². The van der Waals surface area contributed by atoms with Crippen molar-refractivity contribution in [1.82, 2.24) is 0 Å².